The molecule has 2 aromatic heterocycles. The summed E-state index contributed by atoms with van der Waals surface area (Å²) in [5.41, 5.74) is 8.52. The summed E-state index contributed by atoms with van der Waals surface area (Å²) >= 11 is 0. The Morgan fingerprint density at radius 1 is 1.13 bits per heavy atom. The summed E-state index contributed by atoms with van der Waals surface area (Å²) in [6.45, 7) is 0. The maximum absolute atomic E-state index is 6.61. The van der Waals surface area contributed by atoms with Gasteiger partial charge < -0.3 is 5.73 Å². The maximum atomic E-state index is 6.61. The van der Waals surface area contributed by atoms with Crippen LogP contribution < -0.4 is 5.73 Å². The lowest BCUT2D eigenvalue weighted by atomic mass is 9.89. The van der Waals surface area contributed by atoms with E-state index >= 15 is 0 Å². The molecule has 0 saturated heterocycles. The Kier molecular flexibility index (Phi) is 2.92. The molecule has 0 amide bonds. The molecule has 6 heteroatoms. The van der Waals surface area contributed by atoms with Gasteiger partial charge in [0, 0.05) is 17.3 Å². The number of fused-ring (bicyclic) bond motifs is 2. The number of nitrogens with two attached hydrogens (primary N) is 1. The van der Waals surface area contributed by atoms with Crippen molar-refractivity contribution in [3.63, 3.8) is 0 Å². The molecule has 6 nitrogen and oxygen atoms in total. The van der Waals surface area contributed by atoms with E-state index in [0.29, 0.717) is 12.1 Å². The van der Waals surface area contributed by atoms with Crippen LogP contribution in [0.2, 0.25) is 0 Å². The second-order valence-electron chi connectivity index (χ2n) is 7.82. The van der Waals surface area contributed by atoms with Crippen LogP contribution in [0.4, 0.5) is 0 Å². The largest absolute Gasteiger partial charge is 0.323 e. The van der Waals surface area contributed by atoms with Gasteiger partial charge in [-0.15, -0.1) is 5.10 Å². The fourth-order valence-electron chi connectivity index (χ4n) is 5.04. The van der Waals surface area contributed by atoms with Crippen molar-refractivity contribution < 1.29 is 0 Å². The number of aromatic nitrogens is 5. The number of hydrogen-bond acceptors (Lipinski definition) is 4. The van der Waals surface area contributed by atoms with Gasteiger partial charge in [-0.3, -0.25) is 4.68 Å². The molecule has 0 unspecified atom stereocenters. The standard InChI is InChI=1S/C17H24N6/c18-17-6-5-12(8-17)7-16(17)23-11-15(20-21-23)13-9-19-22(10-13)14-3-1-2-4-14/h9-12,14,16H,1-8,18H2/t12-,16-,17+/m1/s1. The van der Waals surface area contributed by atoms with Crippen LogP contribution in [0.5, 0.6) is 0 Å². The third-order valence-electron chi connectivity index (χ3n) is 6.33. The van der Waals surface area contributed by atoms with Gasteiger partial charge in [0.25, 0.3) is 0 Å². The quantitative estimate of drug-likeness (QED) is 0.945. The highest BCUT2D eigenvalue weighted by Gasteiger charge is 2.50. The van der Waals surface area contributed by atoms with Crippen molar-refractivity contribution in [3.05, 3.63) is 18.6 Å². The SMILES string of the molecule is N[C@]12CC[C@H](C[C@H]1n1cc(-c3cnn(C4CCCC4)c3)nn1)C2. The molecule has 2 heterocycles. The summed E-state index contributed by atoms with van der Waals surface area (Å²) in [5.74, 6) is 0.780. The molecule has 5 rings (SSSR count). The lowest BCUT2D eigenvalue weighted by Gasteiger charge is -2.30. The Morgan fingerprint density at radius 3 is 2.74 bits per heavy atom. The van der Waals surface area contributed by atoms with Gasteiger partial charge in [-0.2, -0.15) is 5.10 Å². The fourth-order valence-corrected chi connectivity index (χ4v) is 5.04. The predicted octanol–water partition coefficient (Wildman–Crippen LogP) is 2.70. The highest BCUT2D eigenvalue weighted by atomic mass is 15.4. The van der Waals surface area contributed by atoms with E-state index < -0.39 is 0 Å². The first-order valence-corrected chi connectivity index (χ1v) is 8.96. The van der Waals surface area contributed by atoms with Gasteiger partial charge in [0.1, 0.15) is 5.69 Å². The minimum absolute atomic E-state index is 0.0658. The van der Waals surface area contributed by atoms with E-state index in [1.807, 2.05) is 10.9 Å². The van der Waals surface area contributed by atoms with Crippen molar-refractivity contribution in [1.82, 2.24) is 24.8 Å². The Morgan fingerprint density at radius 2 is 2.00 bits per heavy atom. The molecule has 2 bridgehead atoms. The first kappa shape index (κ1) is 13.7. The summed E-state index contributed by atoms with van der Waals surface area (Å²) in [7, 11) is 0. The van der Waals surface area contributed by atoms with Crippen LogP contribution in [0.15, 0.2) is 18.6 Å². The highest BCUT2D eigenvalue weighted by molar-refractivity contribution is 5.55. The van der Waals surface area contributed by atoms with E-state index in [1.54, 1.807) is 0 Å². The first-order chi connectivity index (χ1) is 11.2. The Bertz CT molecular complexity index is 712. The van der Waals surface area contributed by atoms with E-state index in [2.05, 4.69) is 32.5 Å². The second-order valence-corrected chi connectivity index (χ2v) is 7.82. The summed E-state index contributed by atoms with van der Waals surface area (Å²) in [6.07, 6.45) is 15.9. The number of nitrogens with zero attached hydrogens (tertiary/aromatic N) is 5. The molecule has 2 N–H and O–H groups in total. The smallest absolute Gasteiger partial charge is 0.116 e. The lowest BCUT2D eigenvalue weighted by molar-refractivity contribution is 0.260. The molecule has 3 saturated carbocycles. The zero-order valence-electron chi connectivity index (χ0n) is 13.4. The molecule has 122 valence electrons. The molecule has 23 heavy (non-hydrogen) atoms. The number of rotatable bonds is 3. The van der Waals surface area contributed by atoms with E-state index in [4.69, 9.17) is 5.73 Å². The first-order valence-electron chi connectivity index (χ1n) is 8.96. The van der Waals surface area contributed by atoms with Crippen LogP contribution in [-0.2, 0) is 0 Å². The molecule has 3 aliphatic rings. The van der Waals surface area contributed by atoms with Crippen LogP contribution in [0.1, 0.15) is 63.5 Å². The summed E-state index contributed by atoms with van der Waals surface area (Å²) < 4.78 is 4.13. The van der Waals surface area contributed by atoms with Crippen LogP contribution in [-0.4, -0.2) is 30.3 Å². The summed E-state index contributed by atoms with van der Waals surface area (Å²) in [5, 5.41) is 13.3. The molecule has 2 aromatic rings. The molecule has 3 atom stereocenters. The van der Waals surface area contributed by atoms with Gasteiger partial charge in [0.2, 0.25) is 0 Å². The Balaban J connectivity index is 1.39. The average molecular weight is 312 g/mol. The normalized spacial score (nSPS) is 33.8. The van der Waals surface area contributed by atoms with Crippen LogP contribution in [0, 0.1) is 5.92 Å². The van der Waals surface area contributed by atoms with Crippen LogP contribution in [0.25, 0.3) is 11.3 Å². The third-order valence-corrected chi connectivity index (χ3v) is 6.33. The average Bonchev–Trinajstić information content (AvgIpc) is 3.30. The van der Waals surface area contributed by atoms with Crippen molar-refractivity contribution in [2.45, 2.75) is 69.0 Å². The van der Waals surface area contributed by atoms with Gasteiger partial charge in [0.15, 0.2) is 0 Å². The maximum Gasteiger partial charge on any atom is 0.116 e. The summed E-state index contributed by atoms with van der Waals surface area (Å²) in [4.78, 5) is 0. The molecule has 0 aromatic carbocycles. The Hall–Kier alpha value is -1.69. The molecular weight excluding hydrogens is 288 g/mol. The van der Waals surface area contributed by atoms with Crippen molar-refractivity contribution in [2.24, 2.45) is 11.7 Å². The summed E-state index contributed by atoms with van der Waals surface area (Å²) in [6, 6.07) is 0.879. The minimum Gasteiger partial charge on any atom is -0.323 e. The topological polar surface area (TPSA) is 74.6 Å². The number of hydrogen-bond donors (Lipinski definition) is 1. The van der Waals surface area contributed by atoms with Crippen molar-refractivity contribution in [2.75, 3.05) is 0 Å². The van der Waals surface area contributed by atoms with E-state index in [9.17, 15) is 0 Å². The van der Waals surface area contributed by atoms with Crippen LogP contribution >= 0.6 is 0 Å². The van der Waals surface area contributed by atoms with Crippen molar-refractivity contribution >= 4 is 0 Å². The van der Waals surface area contributed by atoms with Gasteiger partial charge in [0.05, 0.1) is 24.5 Å². The van der Waals surface area contributed by atoms with Gasteiger partial charge in [-0.05, 0) is 44.4 Å². The van der Waals surface area contributed by atoms with E-state index in [-0.39, 0.29) is 5.54 Å². The van der Waals surface area contributed by atoms with Gasteiger partial charge in [-0.25, -0.2) is 4.68 Å². The lowest BCUT2D eigenvalue weighted by Crippen LogP contribution is -2.43. The van der Waals surface area contributed by atoms with Crippen molar-refractivity contribution in [1.29, 1.82) is 0 Å². The Labute approximate surface area is 136 Å². The predicted molar refractivity (Wildman–Crippen MR) is 86.7 cm³/mol. The molecule has 3 aliphatic carbocycles. The molecule has 0 spiro atoms. The zero-order chi connectivity index (χ0) is 15.4. The van der Waals surface area contributed by atoms with E-state index in [0.717, 1.165) is 36.4 Å². The second kappa shape index (κ2) is 4.90. The van der Waals surface area contributed by atoms with Crippen LogP contribution in [0.3, 0.4) is 0 Å². The van der Waals surface area contributed by atoms with Gasteiger partial charge >= 0.3 is 0 Å². The molecule has 3 fully saturated rings. The van der Waals surface area contributed by atoms with Gasteiger partial charge in [-0.1, -0.05) is 18.1 Å². The van der Waals surface area contributed by atoms with E-state index in [1.165, 1.54) is 32.1 Å². The highest BCUT2D eigenvalue weighted by Crippen LogP contribution is 2.52. The minimum atomic E-state index is -0.0658. The molecular formula is C17H24N6. The molecule has 0 aliphatic heterocycles. The third kappa shape index (κ3) is 2.15. The monoisotopic (exact) mass is 312 g/mol. The molecule has 0 radical (unpaired) electrons. The van der Waals surface area contributed by atoms with Crippen molar-refractivity contribution in [3.8, 4) is 11.3 Å². The fraction of sp³-hybridized carbons (Fsp3) is 0.706. The zero-order valence-corrected chi connectivity index (χ0v) is 13.4.